The first kappa shape index (κ1) is 17.2. The summed E-state index contributed by atoms with van der Waals surface area (Å²) in [6, 6.07) is 5.75. The van der Waals surface area contributed by atoms with Crippen LogP contribution in [0.2, 0.25) is 0 Å². The smallest absolute Gasteiger partial charge is 0.228 e. The Labute approximate surface area is 153 Å². The number of furan rings is 1. The molecule has 6 heteroatoms. The Kier molecular flexibility index (Phi) is 5.04. The van der Waals surface area contributed by atoms with Crippen molar-refractivity contribution in [3.05, 3.63) is 48.2 Å². The molecule has 26 heavy (non-hydrogen) atoms. The van der Waals surface area contributed by atoms with Crippen LogP contribution >= 0.6 is 0 Å². The highest BCUT2D eigenvalue weighted by Crippen LogP contribution is 2.34. The monoisotopic (exact) mass is 355 g/mol. The molecule has 138 valence electrons. The Balaban J connectivity index is 1.45. The molecule has 1 N–H and O–H groups in total. The van der Waals surface area contributed by atoms with Gasteiger partial charge in [0.1, 0.15) is 0 Å². The second-order valence-electron chi connectivity index (χ2n) is 7.25. The topological polar surface area (TPSA) is 67.6 Å². The van der Waals surface area contributed by atoms with E-state index in [9.17, 15) is 4.79 Å². The van der Waals surface area contributed by atoms with Crippen LogP contribution in [-0.4, -0.2) is 41.6 Å². The Bertz CT molecular complexity index is 747. The number of rotatable bonds is 4. The van der Waals surface area contributed by atoms with Gasteiger partial charge in [0.25, 0.3) is 0 Å². The molecule has 3 atom stereocenters. The minimum atomic E-state index is -0.0273. The van der Waals surface area contributed by atoms with Gasteiger partial charge in [-0.05, 0) is 38.0 Å². The van der Waals surface area contributed by atoms with Crippen molar-refractivity contribution in [3.63, 3.8) is 0 Å². The fourth-order valence-electron chi connectivity index (χ4n) is 4.14. The maximum absolute atomic E-state index is 13.0. The molecule has 2 aliphatic heterocycles. The average molecular weight is 355 g/mol. The van der Waals surface area contributed by atoms with Crippen molar-refractivity contribution in [1.82, 2.24) is 9.88 Å². The SMILES string of the molecule is Cc1ncccc1NC(=O)[C@@H]1CCO[C@@H]2CCN(Cc3ccoc3)C[C@H]21. The number of anilines is 1. The van der Waals surface area contributed by atoms with Crippen molar-refractivity contribution in [1.29, 1.82) is 0 Å². The van der Waals surface area contributed by atoms with Crippen LogP contribution in [0.15, 0.2) is 41.3 Å². The highest BCUT2D eigenvalue weighted by atomic mass is 16.5. The Morgan fingerprint density at radius 2 is 2.31 bits per heavy atom. The molecule has 0 aromatic carbocycles. The molecule has 2 aromatic heterocycles. The molecular weight excluding hydrogens is 330 g/mol. The van der Waals surface area contributed by atoms with Crippen molar-refractivity contribution in [2.75, 3.05) is 25.0 Å². The Morgan fingerprint density at radius 1 is 1.38 bits per heavy atom. The maximum Gasteiger partial charge on any atom is 0.228 e. The maximum atomic E-state index is 13.0. The number of hydrogen-bond donors (Lipinski definition) is 1. The molecule has 0 saturated carbocycles. The van der Waals surface area contributed by atoms with Crippen LogP contribution in [0.3, 0.4) is 0 Å². The lowest BCUT2D eigenvalue weighted by Gasteiger charge is -2.44. The zero-order valence-corrected chi connectivity index (χ0v) is 15.1. The van der Waals surface area contributed by atoms with Gasteiger partial charge in [-0.3, -0.25) is 14.7 Å². The summed E-state index contributed by atoms with van der Waals surface area (Å²) in [5.74, 6) is 0.284. The highest BCUT2D eigenvalue weighted by Gasteiger charge is 2.41. The summed E-state index contributed by atoms with van der Waals surface area (Å²) in [5.41, 5.74) is 2.81. The summed E-state index contributed by atoms with van der Waals surface area (Å²) < 4.78 is 11.2. The number of amides is 1. The Hall–Kier alpha value is -2.18. The number of pyridine rings is 1. The first-order valence-corrected chi connectivity index (χ1v) is 9.28. The van der Waals surface area contributed by atoms with Crippen molar-refractivity contribution < 1.29 is 13.9 Å². The first-order valence-electron chi connectivity index (χ1n) is 9.28. The number of piperidine rings is 1. The number of aryl methyl sites for hydroxylation is 1. The van der Waals surface area contributed by atoms with Gasteiger partial charge in [0.05, 0.1) is 30.0 Å². The van der Waals surface area contributed by atoms with E-state index in [-0.39, 0.29) is 23.8 Å². The van der Waals surface area contributed by atoms with E-state index in [0.29, 0.717) is 6.61 Å². The lowest BCUT2D eigenvalue weighted by atomic mass is 9.79. The standard InChI is InChI=1S/C20H25N3O3/c1-14-18(3-2-7-21-14)22-20(24)16-6-10-26-19-4-8-23(12-17(16)19)11-15-5-9-25-13-15/h2-3,5,7,9,13,16-17,19H,4,6,8,10-12H2,1H3,(H,22,24)/t16-,17+,19-/m1/s1. The summed E-state index contributed by atoms with van der Waals surface area (Å²) in [5, 5.41) is 3.08. The normalized spacial score (nSPS) is 26.3. The van der Waals surface area contributed by atoms with Gasteiger partial charge in [-0.2, -0.15) is 0 Å². The molecule has 2 fully saturated rings. The molecule has 4 rings (SSSR count). The molecule has 0 bridgehead atoms. The lowest BCUT2D eigenvalue weighted by molar-refractivity contribution is -0.137. The van der Waals surface area contributed by atoms with Crippen molar-refractivity contribution in [2.45, 2.75) is 32.4 Å². The number of nitrogens with zero attached hydrogens (tertiary/aromatic N) is 2. The summed E-state index contributed by atoms with van der Waals surface area (Å²) in [4.78, 5) is 19.6. The number of ether oxygens (including phenoxy) is 1. The molecule has 2 aliphatic rings. The van der Waals surface area contributed by atoms with E-state index in [1.807, 2.05) is 25.1 Å². The minimum absolute atomic E-state index is 0.0273. The van der Waals surface area contributed by atoms with E-state index in [4.69, 9.17) is 9.15 Å². The molecule has 0 aliphatic carbocycles. The summed E-state index contributed by atoms with van der Waals surface area (Å²) in [6.07, 6.45) is 7.15. The minimum Gasteiger partial charge on any atom is -0.472 e. The van der Waals surface area contributed by atoms with Gasteiger partial charge in [-0.1, -0.05) is 0 Å². The molecule has 4 heterocycles. The average Bonchev–Trinajstić information content (AvgIpc) is 3.16. The fourth-order valence-corrected chi connectivity index (χ4v) is 4.14. The van der Waals surface area contributed by atoms with Crippen molar-refractivity contribution in [3.8, 4) is 0 Å². The molecule has 2 saturated heterocycles. The molecule has 0 spiro atoms. The predicted octanol–water partition coefficient (Wildman–Crippen LogP) is 2.85. The second kappa shape index (κ2) is 7.60. The quantitative estimate of drug-likeness (QED) is 0.913. The third kappa shape index (κ3) is 3.66. The Morgan fingerprint density at radius 3 is 3.12 bits per heavy atom. The molecule has 0 radical (unpaired) electrons. The number of fused-ring (bicyclic) bond motifs is 1. The number of likely N-dealkylation sites (tertiary alicyclic amines) is 1. The van der Waals surface area contributed by atoms with E-state index in [0.717, 1.165) is 43.9 Å². The van der Waals surface area contributed by atoms with Gasteiger partial charge in [-0.15, -0.1) is 0 Å². The van der Waals surface area contributed by atoms with Gasteiger partial charge in [0, 0.05) is 49.8 Å². The number of hydrogen-bond acceptors (Lipinski definition) is 5. The van der Waals surface area contributed by atoms with Gasteiger partial charge >= 0.3 is 0 Å². The summed E-state index contributed by atoms with van der Waals surface area (Å²) >= 11 is 0. The molecular formula is C20H25N3O3. The van der Waals surface area contributed by atoms with Gasteiger partial charge < -0.3 is 14.5 Å². The van der Waals surface area contributed by atoms with Crippen LogP contribution in [0.1, 0.15) is 24.1 Å². The van der Waals surface area contributed by atoms with Crippen LogP contribution in [0, 0.1) is 18.8 Å². The lowest BCUT2D eigenvalue weighted by Crippen LogP contribution is -2.52. The van der Waals surface area contributed by atoms with E-state index < -0.39 is 0 Å². The van der Waals surface area contributed by atoms with Crippen LogP contribution in [0.5, 0.6) is 0 Å². The van der Waals surface area contributed by atoms with Crippen LogP contribution in [0.25, 0.3) is 0 Å². The van der Waals surface area contributed by atoms with Gasteiger partial charge in [-0.25, -0.2) is 0 Å². The molecule has 6 nitrogen and oxygen atoms in total. The van der Waals surface area contributed by atoms with E-state index in [1.165, 1.54) is 5.56 Å². The van der Waals surface area contributed by atoms with Crippen molar-refractivity contribution >= 4 is 11.6 Å². The first-order chi connectivity index (χ1) is 12.7. The predicted molar refractivity (Wildman–Crippen MR) is 97.5 cm³/mol. The third-order valence-corrected chi connectivity index (χ3v) is 5.54. The van der Waals surface area contributed by atoms with Crippen molar-refractivity contribution in [2.24, 2.45) is 11.8 Å². The van der Waals surface area contributed by atoms with Gasteiger partial charge in [0.2, 0.25) is 5.91 Å². The van der Waals surface area contributed by atoms with E-state index in [2.05, 4.69) is 15.2 Å². The third-order valence-electron chi connectivity index (χ3n) is 5.54. The second-order valence-corrected chi connectivity index (χ2v) is 7.25. The number of carbonyl (C=O) groups is 1. The van der Waals surface area contributed by atoms with E-state index >= 15 is 0 Å². The van der Waals surface area contributed by atoms with E-state index in [1.54, 1.807) is 18.7 Å². The van der Waals surface area contributed by atoms with Crippen LogP contribution in [0.4, 0.5) is 5.69 Å². The number of nitrogens with one attached hydrogen (secondary N) is 1. The highest BCUT2D eigenvalue weighted by molar-refractivity contribution is 5.93. The zero-order chi connectivity index (χ0) is 17.9. The van der Waals surface area contributed by atoms with Crippen LogP contribution in [-0.2, 0) is 16.1 Å². The zero-order valence-electron chi connectivity index (χ0n) is 15.1. The number of carbonyl (C=O) groups excluding carboxylic acids is 1. The molecule has 0 unspecified atom stereocenters. The number of aromatic nitrogens is 1. The largest absolute Gasteiger partial charge is 0.472 e. The summed E-state index contributed by atoms with van der Waals surface area (Å²) in [6.45, 7) is 5.29. The van der Waals surface area contributed by atoms with Crippen LogP contribution < -0.4 is 5.32 Å². The molecule has 2 aromatic rings. The van der Waals surface area contributed by atoms with Gasteiger partial charge in [0.15, 0.2) is 0 Å². The molecule has 1 amide bonds. The summed E-state index contributed by atoms with van der Waals surface area (Å²) in [7, 11) is 0. The fraction of sp³-hybridized carbons (Fsp3) is 0.500.